The molecule has 6 nitrogen and oxygen atoms in total. The molecule has 7 heteroatoms. The SMILES string of the molecule is CC(C)CNC(=O)c1cc(NC(=O)Nc2ccccc2F)ccc1N1CCC(C)CC1. The van der Waals surface area contributed by atoms with Gasteiger partial charge in [-0.15, -0.1) is 0 Å². The third-order valence-electron chi connectivity index (χ3n) is 5.42. The van der Waals surface area contributed by atoms with Crippen molar-refractivity contribution in [2.75, 3.05) is 35.2 Å². The Morgan fingerprint density at radius 2 is 1.81 bits per heavy atom. The van der Waals surface area contributed by atoms with E-state index < -0.39 is 11.8 Å². The van der Waals surface area contributed by atoms with Crippen molar-refractivity contribution in [1.82, 2.24) is 5.32 Å². The van der Waals surface area contributed by atoms with Gasteiger partial charge < -0.3 is 20.9 Å². The highest BCUT2D eigenvalue weighted by molar-refractivity contribution is 6.04. The molecule has 0 unspecified atom stereocenters. The van der Waals surface area contributed by atoms with Crippen molar-refractivity contribution < 1.29 is 14.0 Å². The summed E-state index contributed by atoms with van der Waals surface area (Å²) >= 11 is 0. The van der Waals surface area contributed by atoms with E-state index in [4.69, 9.17) is 0 Å². The van der Waals surface area contributed by atoms with Crippen LogP contribution in [0.3, 0.4) is 0 Å². The van der Waals surface area contributed by atoms with Gasteiger partial charge in [0.25, 0.3) is 5.91 Å². The number of nitrogens with zero attached hydrogens (tertiary/aromatic N) is 1. The van der Waals surface area contributed by atoms with Gasteiger partial charge in [-0.25, -0.2) is 9.18 Å². The third-order valence-corrected chi connectivity index (χ3v) is 5.42. The maximum absolute atomic E-state index is 13.8. The highest BCUT2D eigenvalue weighted by Gasteiger charge is 2.22. The van der Waals surface area contributed by atoms with E-state index in [0.717, 1.165) is 31.6 Å². The molecule has 1 aliphatic heterocycles. The second kappa shape index (κ2) is 10.3. The number of halogens is 1. The van der Waals surface area contributed by atoms with Crippen LogP contribution >= 0.6 is 0 Å². The minimum Gasteiger partial charge on any atom is -0.371 e. The summed E-state index contributed by atoms with van der Waals surface area (Å²) in [6.45, 7) is 8.68. The Kier molecular flexibility index (Phi) is 7.50. The molecular weight excluding hydrogens is 395 g/mol. The standard InChI is InChI=1S/C24H31FN4O2/c1-16(2)15-26-23(30)19-14-18(8-9-22(19)29-12-10-17(3)11-13-29)27-24(31)28-21-7-5-4-6-20(21)25/h4-9,14,16-17H,10-13,15H2,1-3H3,(H,26,30)(H2,27,28,31). The second-order valence-electron chi connectivity index (χ2n) is 8.56. The average Bonchev–Trinajstić information content (AvgIpc) is 2.74. The largest absolute Gasteiger partial charge is 0.371 e. The van der Waals surface area contributed by atoms with Crippen LogP contribution < -0.4 is 20.9 Å². The summed E-state index contributed by atoms with van der Waals surface area (Å²) in [4.78, 5) is 27.5. The fourth-order valence-corrected chi connectivity index (χ4v) is 3.56. The molecule has 0 spiro atoms. The number of amides is 3. The van der Waals surface area contributed by atoms with Gasteiger partial charge in [-0.05, 0) is 55.0 Å². The lowest BCUT2D eigenvalue weighted by molar-refractivity contribution is 0.0949. The van der Waals surface area contributed by atoms with Gasteiger partial charge in [0.15, 0.2) is 0 Å². The first-order chi connectivity index (χ1) is 14.8. The lowest BCUT2D eigenvalue weighted by Crippen LogP contribution is -2.35. The summed E-state index contributed by atoms with van der Waals surface area (Å²) in [5.41, 5.74) is 1.96. The highest BCUT2D eigenvalue weighted by atomic mass is 19.1. The number of carbonyl (C=O) groups is 2. The first-order valence-corrected chi connectivity index (χ1v) is 10.8. The molecule has 0 saturated carbocycles. The van der Waals surface area contributed by atoms with Gasteiger partial charge in [-0.2, -0.15) is 0 Å². The molecule has 31 heavy (non-hydrogen) atoms. The molecule has 2 aromatic rings. The molecular formula is C24H31FN4O2. The molecule has 166 valence electrons. The average molecular weight is 427 g/mol. The Labute approximate surface area is 183 Å². The third kappa shape index (κ3) is 6.20. The van der Waals surface area contributed by atoms with Crippen molar-refractivity contribution in [2.45, 2.75) is 33.6 Å². The number of carbonyl (C=O) groups excluding carboxylic acids is 2. The minimum absolute atomic E-state index is 0.0916. The van der Waals surface area contributed by atoms with E-state index in [9.17, 15) is 14.0 Å². The van der Waals surface area contributed by atoms with Crippen molar-refractivity contribution in [1.29, 1.82) is 0 Å². The zero-order valence-electron chi connectivity index (χ0n) is 18.4. The minimum atomic E-state index is -0.571. The van der Waals surface area contributed by atoms with Crippen LogP contribution in [0.2, 0.25) is 0 Å². The molecule has 3 amide bonds. The molecule has 1 aliphatic rings. The second-order valence-corrected chi connectivity index (χ2v) is 8.56. The Hall–Kier alpha value is -3.09. The number of nitrogens with one attached hydrogen (secondary N) is 3. The van der Waals surface area contributed by atoms with Crippen LogP contribution in [0.15, 0.2) is 42.5 Å². The number of hydrogen-bond acceptors (Lipinski definition) is 3. The highest BCUT2D eigenvalue weighted by Crippen LogP contribution is 2.29. The smallest absolute Gasteiger partial charge is 0.323 e. The number of hydrogen-bond donors (Lipinski definition) is 3. The van der Waals surface area contributed by atoms with Crippen LogP contribution in [0.4, 0.5) is 26.2 Å². The van der Waals surface area contributed by atoms with Crippen molar-refractivity contribution >= 4 is 29.0 Å². The Morgan fingerprint density at radius 1 is 1.10 bits per heavy atom. The van der Waals surface area contributed by atoms with Gasteiger partial charge in [0, 0.05) is 31.0 Å². The molecule has 0 aromatic heterocycles. The fraction of sp³-hybridized carbons (Fsp3) is 0.417. The maximum Gasteiger partial charge on any atom is 0.323 e. The molecule has 0 aliphatic carbocycles. The molecule has 0 atom stereocenters. The maximum atomic E-state index is 13.8. The summed E-state index contributed by atoms with van der Waals surface area (Å²) in [6.07, 6.45) is 2.16. The van der Waals surface area contributed by atoms with Crippen molar-refractivity contribution in [3.8, 4) is 0 Å². The van der Waals surface area contributed by atoms with Gasteiger partial charge >= 0.3 is 6.03 Å². The van der Waals surface area contributed by atoms with Crippen molar-refractivity contribution in [3.05, 3.63) is 53.8 Å². The van der Waals surface area contributed by atoms with Gasteiger partial charge in [-0.1, -0.05) is 32.9 Å². The number of urea groups is 1. The van der Waals surface area contributed by atoms with Crippen molar-refractivity contribution in [3.63, 3.8) is 0 Å². The van der Waals surface area contributed by atoms with Crippen LogP contribution in [0.25, 0.3) is 0 Å². The van der Waals surface area contributed by atoms with Crippen LogP contribution in [-0.4, -0.2) is 31.6 Å². The normalized spacial score (nSPS) is 14.4. The molecule has 3 N–H and O–H groups in total. The molecule has 3 rings (SSSR count). The van der Waals surface area contributed by atoms with Gasteiger partial charge in [-0.3, -0.25) is 4.79 Å². The van der Waals surface area contributed by atoms with Gasteiger partial charge in [0.05, 0.1) is 11.3 Å². The Morgan fingerprint density at radius 3 is 2.48 bits per heavy atom. The van der Waals surface area contributed by atoms with Gasteiger partial charge in [0.2, 0.25) is 0 Å². The molecule has 1 fully saturated rings. The van der Waals surface area contributed by atoms with E-state index in [0.29, 0.717) is 29.6 Å². The number of para-hydroxylation sites is 1. The Balaban J connectivity index is 1.79. The van der Waals surface area contributed by atoms with Crippen molar-refractivity contribution in [2.24, 2.45) is 11.8 Å². The molecule has 2 aromatic carbocycles. The van der Waals surface area contributed by atoms with E-state index >= 15 is 0 Å². The number of anilines is 3. The van der Waals surface area contributed by atoms with Gasteiger partial charge in [0.1, 0.15) is 5.82 Å². The summed E-state index contributed by atoms with van der Waals surface area (Å²) in [5.74, 6) is 0.329. The lowest BCUT2D eigenvalue weighted by atomic mass is 9.97. The van der Waals surface area contributed by atoms with E-state index in [1.165, 1.54) is 12.1 Å². The zero-order chi connectivity index (χ0) is 22.4. The van der Waals surface area contributed by atoms with Crippen LogP contribution in [0.5, 0.6) is 0 Å². The zero-order valence-corrected chi connectivity index (χ0v) is 18.4. The molecule has 1 saturated heterocycles. The monoisotopic (exact) mass is 426 g/mol. The quantitative estimate of drug-likeness (QED) is 0.602. The fourth-order valence-electron chi connectivity index (χ4n) is 3.56. The lowest BCUT2D eigenvalue weighted by Gasteiger charge is -2.33. The summed E-state index contributed by atoms with van der Waals surface area (Å²) < 4.78 is 13.8. The van der Waals surface area contributed by atoms with E-state index in [1.54, 1.807) is 24.3 Å². The first-order valence-electron chi connectivity index (χ1n) is 10.8. The van der Waals surface area contributed by atoms with Crippen LogP contribution in [0, 0.1) is 17.7 Å². The summed E-state index contributed by atoms with van der Waals surface area (Å²) in [6, 6.07) is 10.7. The number of rotatable bonds is 6. The topological polar surface area (TPSA) is 73.5 Å². The van der Waals surface area contributed by atoms with E-state index in [2.05, 4.69) is 27.8 Å². The van der Waals surface area contributed by atoms with Crippen LogP contribution in [0.1, 0.15) is 44.0 Å². The summed E-state index contributed by atoms with van der Waals surface area (Å²) in [5, 5.41) is 8.17. The van der Waals surface area contributed by atoms with Crippen LogP contribution in [-0.2, 0) is 0 Å². The Bertz CT molecular complexity index is 924. The first kappa shape index (κ1) is 22.6. The van der Waals surface area contributed by atoms with E-state index in [-0.39, 0.29) is 11.6 Å². The predicted octanol–water partition coefficient (Wildman–Crippen LogP) is 5.09. The number of benzene rings is 2. The summed E-state index contributed by atoms with van der Waals surface area (Å²) in [7, 11) is 0. The predicted molar refractivity (Wildman–Crippen MR) is 123 cm³/mol. The number of piperidine rings is 1. The molecule has 0 radical (unpaired) electrons. The molecule has 0 bridgehead atoms. The van der Waals surface area contributed by atoms with E-state index in [1.807, 2.05) is 19.9 Å². The molecule has 1 heterocycles.